The van der Waals surface area contributed by atoms with Gasteiger partial charge in [-0.25, -0.2) is 5.43 Å². The predicted octanol–water partition coefficient (Wildman–Crippen LogP) is 2.61. The number of amides is 1. The number of carbonyl (C=O) groups is 1. The van der Waals surface area contributed by atoms with E-state index in [-0.39, 0.29) is 18.2 Å². The third kappa shape index (κ3) is 4.81. The molecule has 0 aliphatic carbocycles. The summed E-state index contributed by atoms with van der Waals surface area (Å²) in [5.41, 5.74) is 3.64. The van der Waals surface area contributed by atoms with Crippen LogP contribution in [0.2, 0.25) is 5.02 Å². The third-order valence-corrected chi connectivity index (χ3v) is 2.84. The van der Waals surface area contributed by atoms with Gasteiger partial charge in [-0.15, -0.1) is 0 Å². The number of nitrogens with zero attached hydrogens (tertiary/aromatic N) is 1. The number of para-hydroxylation sites is 1. The van der Waals surface area contributed by atoms with E-state index in [1.165, 1.54) is 12.3 Å². The van der Waals surface area contributed by atoms with Crippen LogP contribution in [0.15, 0.2) is 53.6 Å². The number of phenols is 1. The standard InChI is InChI=1S/C15H14ClN3O2/c16-12-6-7-14(20)11(8-12)9-18-19-15(21)10-17-13-4-2-1-3-5-13/h1-9,17,20H,10H2,(H,19,21)/b18-9+. The number of halogens is 1. The van der Waals surface area contributed by atoms with Gasteiger partial charge in [0, 0.05) is 16.3 Å². The zero-order valence-electron chi connectivity index (χ0n) is 11.1. The van der Waals surface area contributed by atoms with E-state index in [2.05, 4.69) is 15.8 Å². The van der Waals surface area contributed by atoms with Crippen molar-refractivity contribution in [2.45, 2.75) is 0 Å². The van der Waals surface area contributed by atoms with Gasteiger partial charge in [0.2, 0.25) is 0 Å². The lowest BCUT2D eigenvalue weighted by molar-refractivity contribution is -0.119. The van der Waals surface area contributed by atoms with Crippen molar-refractivity contribution in [2.75, 3.05) is 11.9 Å². The Morgan fingerprint density at radius 2 is 2.00 bits per heavy atom. The molecule has 0 aliphatic heterocycles. The zero-order valence-corrected chi connectivity index (χ0v) is 11.8. The van der Waals surface area contributed by atoms with Gasteiger partial charge >= 0.3 is 0 Å². The molecule has 0 unspecified atom stereocenters. The summed E-state index contributed by atoms with van der Waals surface area (Å²) in [6, 6.07) is 13.9. The van der Waals surface area contributed by atoms with E-state index in [1.54, 1.807) is 12.1 Å². The molecule has 5 nitrogen and oxygen atoms in total. The predicted molar refractivity (Wildman–Crippen MR) is 83.8 cm³/mol. The normalized spacial score (nSPS) is 10.5. The molecule has 0 atom stereocenters. The van der Waals surface area contributed by atoms with Crippen LogP contribution in [0.5, 0.6) is 5.75 Å². The van der Waals surface area contributed by atoms with E-state index >= 15 is 0 Å². The molecule has 0 fully saturated rings. The van der Waals surface area contributed by atoms with Crippen LogP contribution in [0.1, 0.15) is 5.56 Å². The summed E-state index contributed by atoms with van der Waals surface area (Å²) in [6.45, 7) is 0.100. The molecule has 21 heavy (non-hydrogen) atoms. The molecule has 0 spiro atoms. The van der Waals surface area contributed by atoms with Gasteiger partial charge in [-0.1, -0.05) is 29.8 Å². The molecule has 0 aromatic heterocycles. The van der Waals surface area contributed by atoms with Crippen molar-refractivity contribution in [1.82, 2.24) is 5.43 Å². The SMILES string of the molecule is O=C(CNc1ccccc1)N/N=C/c1cc(Cl)ccc1O. The van der Waals surface area contributed by atoms with Gasteiger partial charge in [0.1, 0.15) is 5.75 Å². The largest absolute Gasteiger partial charge is 0.507 e. The number of anilines is 1. The first kappa shape index (κ1) is 14.9. The quantitative estimate of drug-likeness (QED) is 0.587. The molecule has 108 valence electrons. The topological polar surface area (TPSA) is 73.7 Å². The van der Waals surface area contributed by atoms with Crippen LogP contribution >= 0.6 is 11.6 Å². The number of phenolic OH excluding ortho intramolecular Hbond substituents is 1. The summed E-state index contributed by atoms with van der Waals surface area (Å²) in [4.78, 5) is 11.6. The highest BCUT2D eigenvalue weighted by atomic mass is 35.5. The summed E-state index contributed by atoms with van der Waals surface area (Å²) in [5, 5.41) is 16.8. The molecule has 0 aliphatic rings. The van der Waals surface area contributed by atoms with Gasteiger partial charge < -0.3 is 10.4 Å². The Bertz CT molecular complexity index is 645. The van der Waals surface area contributed by atoms with Gasteiger partial charge in [0.05, 0.1) is 12.8 Å². The number of rotatable bonds is 5. The van der Waals surface area contributed by atoms with Crippen LogP contribution in [-0.4, -0.2) is 23.8 Å². The minimum Gasteiger partial charge on any atom is -0.507 e. The molecular formula is C15H14ClN3O2. The third-order valence-electron chi connectivity index (χ3n) is 2.61. The average Bonchev–Trinajstić information content (AvgIpc) is 2.50. The highest BCUT2D eigenvalue weighted by molar-refractivity contribution is 6.30. The first-order valence-electron chi connectivity index (χ1n) is 6.24. The fourth-order valence-electron chi connectivity index (χ4n) is 1.58. The number of nitrogens with one attached hydrogen (secondary N) is 2. The summed E-state index contributed by atoms with van der Waals surface area (Å²) in [7, 11) is 0. The maximum absolute atomic E-state index is 11.6. The number of carbonyl (C=O) groups excluding carboxylic acids is 1. The van der Waals surface area contributed by atoms with Crippen molar-refractivity contribution in [3.05, 3.63) is 59.1 Å². The number of aromatic hydroxyl groups is 1. The second-order valence-corrected chi connectivity index (χ2v) is 4.65. The molecule has 0 saturated heterocycles. The van der Waals surface area contributed by atoms with E-state index in [1.807, 2.05) is 30.3 Å². The second-order valence-electron chi connectivity index (χ2n) is 4.22. The van der Waals surface area contributed by atoms with E-state index < -0.39 is 0 Å². The highest BCUT2D eigenvalue weighted by Crippen LogP contribution is 2.19. The Kier molecular flexibility index (Phi) is 5.17. The monoisotopic (exact) mass is 303 g/mol. The van der Waals surface area contributed by atoms with E-state index in [0.29, 0.717) is 10.6 Å². The molecule has 1 amide bonds. The second kappa shape index (κ2) is 7.31. The van der Waals surface area contributed by atoms with Gasteiger partial charge in [0.15, 0.2) is 0 Å². The van der Waals surface area contributed by atoms with Gasteiger partial charge in [-0.3, -0.25) is 4.79 Å². The van der Waals surface area contributed by atoms with E-state index in [9.17, 15) is 9.90 Å². The van der Waals surface area contributed by atoms with Crippen LogP contribution in [0, 0.1) is 0 Å². The van der Waals surface area contributed by atoms with Crippen molar-refractivity contribution in [3.63, 3.8) is 0 Å². The Labute approximate surface area is 127 Å². The smallest absolute Gasteiger partial charge is 0.259 e. The molecule has 0 saturated carbocycles. The molecule has 6 heteroatoms. The number of hydrogen-bond acceptors (Lipinski definition) is 4. The van der Waals surface area contributed by atoms with Crippen molar-refractivity contribution in [3.8, 4) is 5.75 Å². The fourth-order valence-corrected chi connectivity index (χ4v) is 1.76. The van der Waals surface area contributed by atoms with Crippen LogP contribution in [0.3, 0.4) is 0 Å². The van der Waals surface area contributed by atoms with Crippen molar-refractivity contribution < 1.29 is 9.90 Å². The lowest BCUT2D eigenvalue weighted by Crippen LogP contribution is -2.25. The van der Waals surface area contributed by atoms with E-state index in [4.69, 9.17) is 11.6 Å². The highest BCUT2D eigenvalue weighted by Gasteiger charge is 2.01. The Morgan fingerprint density at radius 3 is 2.76 bits per heavy atom. The molecule has 2 rings (SSSR count). The average molecular weight is 304 g/mol. The van der Waals surface area contributed by atoms with Crippen molar-refractivity contribution >= 4 is 29.4 Å². The van der Waals surface area contributed by atoms with Gasteiger partial charge in [0.25, 0.3) is 5.91 Å². The lowest BCUT2D eigenvalue weighted by atomic mass is 10.2. The summed E-state index contributed by atoms with van der Waals surface area (Å²) >= 11 is 5.81. The first-order valence-corrected chi connectivity index (χ1v) is 6.62. The van der Waals surface area contributed by atoms with Crippen LogP contribution in [0.4, 0.5) is 5.69 Å². The molecule has 0 radical (unpaired) electrons. The van der Waals surface area contributed by atoms with Gasteiger partial charge in [-0.2, -0.15) is 5.10 Å². The first-order chi connectivity index (χ1) is 10.1. The number of benzene rings is 2. The Balaban J connectivity index is 1.83. The minimum absolute atomic E-state index is 0.0415. The fraction of sp³-hybridized carbons (Fsp3) is 0.0667. The van der Waals surface area contributed by atoms with Crippen LogP contribution in [0.25, 0.3) is 0 Å². The maximum atomic E-state index is 11.6. The Hall–Kier alpha value is -2.53. The lowest BCUT2D eigenvalue weighted by Gasteiger charge is -2.04. The summed E-state index contributed by atoms with van der Waals surface area (Å²) in [5.74, 6) is -0.253. The van der Waals surface area contributed by atoms with Crippen molar-refractivity contribution in [1.29, 1.82) is 0 Å². The summed E-state index contributed by atoms with van der Waals surface area (Å²) < 4.78 is 0. The Morgan fingerprint density at radius 1 is 1.24 bits per heavy atom. The summed E-state index contributed by atoms with van der Waals surface area (Å²) in [6.07, 6.45) is 1.33. The van der Waals surface area contributed by atoms with Gasteiger partial charge in [-0.05, 0) is 30.3 Å². The molecule has 0 heterocycles. The van der Waals surface area contributed by atoms with E-state index in [0.717, 1.165) is 5.69 Å². The molecule has 0 bridgehead atoms. The van der Waals surface area contributed by atoms with Crippen molar-refractivity contribution in [2.24, 2.45) is 5.10 Å². The van der Waals surface area contributed by atoms with Crippen LogP contribution in [-0.2, 0) is 4.79 Å². The molecule has 2 aromatic carbocycles. The number of hydrogen-bond donors (Lipinski definition) is 3. The zero-order chi connectivity index (χ0) is 15.1. The molecular weight excluding hydrogens is 290 g/mol. The minimum atomic E-state index is -0.295. The molecule has 3 N–H and O–H groups in total. The molecule has 2 aromatic rings. The maximum Gasteiger partial charge on any atom is 0.259 e. The number of hydrazone groups is 1. The van der Waals surface area contributed by atoms with Crippen LogP contribution < -0.4 is 10.7 Å².